The second-order valence-electron chi connectivity index (χ2n) is 6.49. The monoisotopic (exact) mass is 327 g/mol. The molecule has 2 heterocycles. The molecule has 0 spiro atoms. The van der Waals surface area contributed by atoms with Gasteiger partial charge < -0.3 is 10.1 Å². The number of fused-ring (bicyclic) bond motifs is 2. The Morgan fingerprint density at radius 3 is 2.30 bits per heavy atom. The van der Waals surface area contributed by atoms with E-state index in [9.17, 15) is 18.0 Å². The summed E-state index contributed by atoms with van der Waals surface area (Å²) in [6.07, 6.45) is 0.827. The third-order valence-electron chi connectivity index (χ3n) is 4.71. The molecule has 2 bridgehead atoms. The molecule has 2 fully saturated rings. The van der Waals surface area contributed by atoms with Gasteiger partial charge in [0.2, 0.25) is 0 Å². The second-order valence-corrected chi connectivity index (χ2v) is 6.49. The summed E-state index contributed by atoms with van der Waals surface area (Å²) in [5.74, 6) is -0.00404. The van der Waals surface area contributed by atoms with E-state index in [0.717, 1.165) is 31.2 Å². The number of alkyl halides is 3. The average Bonchev–Trinajstić information content (AvgIpc) is 2.47. The number of piperidine rings is 2. The van der Waals surface area contributed by atoms with Gasteiger partial charge in [0.05, 0.1) is 0 Å². The number of Topliss-reactive ketones (excluding diaryl/α,β-unsaturated/α-hetero) is 1. The van der Waals surface area contributed by atoms with Gasteiger partial charge in [-0.1, -0.05) is 18.6 Å². The van der Waals surface area contributed by atoms with Crippen LogP contribution in [0.25, 0.3) is 0 Å². The first-order valence-electron chi connectivity index (χ1n) is 8.02. The fourth-order valence-corrected chi connectivity index (χ4v) is 3.68. The van der Waals surface area contributed by atoms with Crippen molar-refractivity contribution < 1.29 is 22.7 Å². The molecule has 0 aliphatic carbocycles. The molecular formula is C17H20F3NO2. The number of halogens is 3. The molecule has 3 nitrogen and oxygen atoms in total. The van der Waals surface area contributed by atoms with Gasteiger partial charge in [-0.15, -0.1) is 13.2 Å². The first-order chi connectivity index (χ1) is 10.9. The van der Waals surface area contributed by atoms with Gasteiger partial charge in [0.15, 0.2) is 0 Å². The highest BCUT2D eigenvalue weighted by atomic mass is 19.4. The third-order valence-corrected chi connectivity index (χ3v) is 4.71. The Labute approximate surface area is 133 Å². The van der Waals surface area contributed by atoms with Gasteiger partial charge >= 0.3 is 6.36 Å². The molecule has 0 saturated carbocycles. The summed E-state index contributed by atoms with van der Waals surface area (Å²) >= 11 is 0. The largest absolute Gasteiger partial charge is 0.573 e. The van der Waals surface area contributed by atoms with Crippen molar-refractivity contribution in [2.24, 2.45) is 5.92 Å². The molecule has 23 heavy (non-hydrogen) atoms. The van der Waals surface area contributed by atoms with Crippen LogP contribution in [-0.2, 0) is 11.2 Å². The van der Waals surface area contributed by atoms with E-state index in [-0.39, 0.29) is 23.9 Å². The van der Waals surface area contributed by atoms with Gasteiger partial charge in [-0.3, -0.25) is 4.79 Å². The lowest BCUT2D eigenvalue weighted by Gasteiger charge is -2.39. The smallest absolute Gasteiger partial charge is 0.406 e. The summed E-state index contributed by atoms with van der Waals surface area (Å²) in [4.78, 5) is 12.5. The van der Waals surface area contributed by atoms with Crippen LogP contribution < -0.4 is 10.1 Å². The van der Waals surface area contributed by atoms with Crippen molar-refractivity contribution in [2.45, 2.75) is 57.0 Å². The lowest BCUT2D eigenvalue weighted by Crippen LogP contribution is -2.50. The molecule has 2 saturated heterocycles. The number of benzene rings is 1. The number of nitrogens with one attached hydrogen (secondary N) is 1. The second kappa shape index (κ2) is 6.51. The van der Waals surface area contributed by atoms with Crippen LogP contribution in [0.15, 0.2) is 24.3 Å². The molecule has 0 aromatic heterocycles. The maximum absolute atomic E-state index is 12.5. The molecule has 2 aliphatic heterocycles. The van der Waals surface area contributed by atoms with Crippen molar-refractivity contribution in [1.82, 2.24) is 5.32 Å². The standard InChI is InChI=1S/C17H20F3NO2/c18-17(19,20)23-15-6-4-11(5-7-15)8-16(22)12-9-13-2-1-3-14(10-12)21-13/h4-7,12-14,21H,1-3,8-10H2. The molecule has 2 unspecified atom stereocenters. The zero-order valence-corrected chi connectivity index (χ0v) is 12.7. The van der Waals surface area contributed by atoms with Crippen molar-refractivity contribution >= 4 is 5.78 Å². The Morgan fingerprint density at radius 1 is 1.13 bits per heavy atom. The van der Waals surface area contributed by atoms with Gasteiger partial charge in [0.25, 0.3) is 0 Å². The Bertz CT molecular complexity index is 544. The summed E-state index contributed by atoms with van der Waals surface area (Å²) in [5, 5.41) is 3.56. The molecular weight excluding hydrogens is 307 g/mol. The summed E-state index contributed by atoms with van der Waals surface area (Å²) in [7, 11) is 0. The molecule has 1 N–H and O–H groups in total. The lowest BCUT2D eigenvalue weighted by molar-refractivity contribution is -0.274. The molecule has 0 amide bonds. The molecule has 0 radical (unpaired) electrons. The first kappa shape index (κ1) is 16.3. The summed E-state index contributed by atoms with van der Waals surface area (Å²) in [5.41, 5.74) is 0.730. The predicted octanol–water partition coefficient (Wildman–Crippen LogP) is 3.62. The van der Waals surface area contributed by atoms with Crippen LogP contribution in [0.5, 0.6) is 5.75 Å². The Morgan fingerprint density at radius 2 is 1.74 bits per heavy atom. The summed E-state index contributed by atoms with van der Waals surface area (Å²) < 4.78 is 40.2. The number of carbonyl (C=O) groups excluding carboxylic acids is 1. The van der Waals surface area contributed by atoms with Gasteiger partial charge in [-0.2, -0.15) is 0 Å². The number of hydrogen-bond donors (Lipinski definition) is 1. The summed E-state index contributed by atoms with van der Waals surface area (Å²) in [6.45, 7) is 0. The molecule has 1 aromatic carbocycles. The summed E-state index contributed by atoms with van der Waals surface area (Å²) in [6, 6.07) is 6.46. The van der Waals surface area contributed by atoms with Crippen LogP contribution in [-0.4, -0.2) is 24.2 Å². The zero-order valence-electron chi connectivity index (χ0n) is 12.7. The van der Waals surface area contributed by atoms with Crippen LogP contribution >= 0.6 is 0 Å². The molecule has 1 aromatic rings. The van der Waals surface area contributed by atoms with Crippen molar-refractivity contribution in [1.29, 1.82) is 0 Å². The van der Waals surface area contributed by atoms with E-state index < -0.39 is 6.36 Å². The van der Waals surface area contributed by atoms with E-state index in [4.69, 9.17) is 0 Å². The molecule has 126 valence electrons. The van der Waals surface area contributed by atoms with Gasteiger partial charge in [-0.25, -0.2) is 0 Å². The van der Waals surface area contributed by atoms with Crippen molar-refractivity contribution in [3.05, 3.63) is 29.8 Å². The SMILES string of the molecule is O=C(Cc1ccc(OC(F)(F)F)cc1)C1CC2CCCC(C1)N2. The van der Waals surface area contributed by atoms with Gasteiger partial charge in [0, 0.05) is 24.4 Å². The van der Waals surface area contributed by atoms with Crippen LogP contribution in [0.3, 0.4) is 0 Å². The topological polar surface area (TPSA) is 38.3 Å². The fraction of sp³-hybridized carbons (Fsp3) is 0.588. The van der Waals surface area contributed by atoms with Gasteiger partial charge in [0.1, 0.15) is 11.5 Å². The minimum atomic E-state index is -4.69. The van der Waals surface area contributed by atoms with Crippen LogP contribution in [0.1, 0.15) is 37.7 Å². The number of hydrogen-bond acceptors (Lipinski definition) is 3. The van der Waals surface area contributed by atoms with Crippen molar-refractivity contribution in [2.75, 3.05) is 0 Å². The quantitative estimate of drug-likeness (QED) is 0.918. The molecule has 6 heteroatoms. The maximum Gasteiger partial charge on any atom is 0.573 e. The van der Waals surface area contributed by atoms with E-state index in [0.29, 0.717) is 12.1 Å². The zero-order chi connectivity index (χ0) is 16.4. The Hall–Kier alpha value is -1.56. The van der Waals surface area contributed by atoms with E-state index in [1.807, 2.05) is 0 Å². The van der Waals surface area contributed by atoms with Crippen molar-refractivity contribution in [3.63, 3.8) is 0 Å². The number of carbonyl (C=O) groups is 1. The Kier molecular flexibility index (Phi) is 4.62. The van der Waals surface area contributed by atoms with Crippen LogP contribution in [0, 0.1) is 5.92 Å². The van der Waals surface area contributed by atoms with Crippen LogP contribution in [0.4, 0.5) is 13.2 Å². The molecule has 3 rings (SSSR count). The highest BCUT2D eigenvalue weighted by molar-refractivity contribution is 5.83. The molecule has 2 atom stereocenters. The highest BCUT2D eigenvalue weighted by Gasteiger charge is 2.34. The van der Waals surface area contributed by atoms with E-state index in [1.54, 1.807) is 0 Å². The normalized spacial score (nSPS) is 27.5. The maximum atomic E-state index is 12.5. The fourth-order valence-electron chi connectivity index (χ4n) is 3.68. The molecule has 2 aliphatic rings. The van der Waals surface area contributed by atoms with E-state index in [2.05, 4.69) is 10.1 Å². The number of ether oxygens (including phenoxy) is 1. The first-order valence-corrected chi connectivity index (χ1v) is 8.02. The predicted molar refractivity (Wildman–Crippen MR) is 79.1 cm³/mol. The van der Waals surface area contributed by atoms with E-state index >= 15 is 0 Å². The van der Waals surface area contributed by atoms with Crippen molar-refractivity contribution in [3.8, 4) is 5.75 Å². The minimum Gasteiger partial charge on any atom is -0.406 e. The average molecular weight is 327 g/mol. The van der Waals surface area contributed by atoms with E-state index in [1.165, 1.54) is 30.7 Å². The van der Waals surface area contributed by atoms with Crippen LogP contribution in [0.2, 0.25) is 0 Å². The number of rotatable bonds is 4. The van der Waals surface area contributed by atoms with Gasteiger partial charge in [-0.05, 0) is 43.4 Å². The highest BCUT2D eigenvalue weighted by Crippen LogP contribution is 2.31. The Balaban J connectivity index is 1.57. The lowest BCUT2D eigenvalue weighted by atomic mass is 9.77. The minimum absolute atomic E-state index is 0.0673. The number of ketones is 1. The third kappa shape index (κ3) is 4.47.